The summed E-state index contributed by atoms with van der Waals surface area (Å²) in [7, 11) is -0.754. The average molecular weight is 251 g/mol. The summed E-state index contributed by atoms with van der Waals surface area (Å²) in [4.78, 5) is 7.39. The summed E-state index contributed by atoms with van der Waals surface area (Å²) in [6, 6.07) is 4.24. The van der Waals surface area contributed by atoms with Gasteiger partial charge >= 0.3 is 0 Å². The molecule has 92 valence electrons. The van der Waals surface area contributed by atoms with Crippen molar-refractivity contribution in [2.24, 2.45) is 0 Å². The van der Waals surface area contributed by atoms with E-state index in [1.54, 1.807) is 12.5 Å². The van der Waals surface area contributed by atoms with Crippen LogP contribution in [0.3, 0.4) is 0 Å². The lowest BCUT2D eigenvalue weighted by Crippen LogP contribution is -2.30. The van der Waals surface area contributed by atoms with Gasteiger partial charge < -0.3 is 10.3 Å². The molecule has 2 aromatic rings. The molecular weight excluding hydrogens is 234 g/mol. The first-order valence-corrected chi connectivity index (χ1v) is 7.34. The molecule has 17 heavy (non-hydrogen) atoms. The van der Waals surface area contributed by atoms with E-state index in [1.807, 2.05) is 12.3 Å². The lowest BCUT2D eigenvalue weighted by molar-refractivity contribution is 0.589. The highest BCUT2D eigenvalue weighted by Gasteiger charge is 2.07. The molecule has 0 fully saturated rings. The lowest BCUT2D eigenvalue weighted by atomic mass is 10.2. The molecule has 2 rings (SSSR count). The van der Waals surface area contributed by atoms with Gasteiger partial charge in [-0.1, -0.05) is 0 Å². The fourth-order valence-electron chi connectivity index (χ4n) is 1.85. The van der Waals surface area contributed by atoms with Crippen molar-refractivity contribution in [2.75, 3.05) is 12.0 Å². The summed E-state index contributed by atoms with van der Waals surface area (Å²) >= 11 is 0. The molecule has 2 N–H and O–H groups in total. The third-order valence-electron chi connectivity index (χ3n) is 2.66. The van der Waals surface area contributed by atoms with Crippen LogP contribution in [-0.2, 0) is 17.3 Å². The lowest BCUT2D eigenvalue weighted by Gasteiger charge is -2.11. The molecule has 2 unspecified atom stereocenters. The Labute approximate surface area is 103 Å². The molecular formula is C12H17N3OS. The Bertz CT molecular complexity index is 523. The number of aromatic nitrogens is 2. The number of nitrogens with zero attached hydrogens (tertiary/aromatic N) is 1. The van der Waals surface area contributed by atoms with Gasteiger partial charge in [0, 0.05) is 53.2 Å². The van der Waals surface area contributed by atoms with Gasteiger partial charge in [0.25, 0.3) is 0 Å². The largest absolute Gasteiger partial charge is 0.346 e. The van der Waals surface area contributed by atoms with Crippen LogP contribution in [0, 0.1) is 0 Å². The normalized spacial score (nSPS) is 14.9. The molecule has 2 atom stereocenters. The smallest absolute Gasteiger partial charge is 0.137 e. The molecule has 0 spiro atoms. The first-order valence-electron chi connectivity index (χ1n) is 5.61. The van der Waals surface area contributed by atoms with Crippen molar-refractivity contribution in [3.63, 3.8) is 0 Å². The Balaban J connectivity index is 2.02. The minimum Gasteiger partial charge on any atom is -0.346 e. The van der Waals surface area contributed by atoms with Crippen LogP contribution in [0.1, 0.15) is 12.5 Å². The van der Waals surface area contributed by atoms with Crippen molar-refractivity contribution in [3.8, 4) is 0 Å². The molecule has 0 saturated carbocycles. The summed E-state index contributed by atoms with van der Waals surface area (Å²) in [6.45, 7) is 2.82. The second kappa shape index (κ2) is 5.42. The van der Waals surface area contributed by atoms with E-state index in [9.17, 15) is 4.21 Å². The maximum absolute atomic E-state index is 11.1. The maximum atomic E-state index is 11.1. The fraction of sp³-hybridized carbons (Fsp3) is 0.417. The molecule has 0 aliphatic heterocycles. The third-order valence-corrected chi connectivity index (χ3v) is 3.63. The van der Waals surface area contributed by atoms with Crippen molar-refractivity contribution >= 4 is 21.8 Å². The summed E-state index contributed by atoms with van der Waals surface area (Å²) in [5, 5.41) is 4.51. The molecule has 0 aliphatic carbocycles. The van der Waals surface area contributed by atoms with E-state index >= 15 is 0 Å². The molecule has 4 nitrogen and oxygen atoms in total. The van der Waals surface area contributed by atoms with Gasteiger partial charge in [-0.3, -0.25) is 4.21 Å². The monoisotopic (exact) mass is 251 g/mol. The Morgan fingerprint density at radius 2 is 2.41 bits per heavy atom. The zero-order valence-corrected chi connectivity index (χ0v) is 10.9. The van der Waals surface area contributed by atoms with E-state index in [1.165, 1.54) is 5.56 Å². The van der Waals surface area contributed by atoms with Crippen LogP contribution in [0.5, 0.6) is 0 Å². The van der Waals surface area contributed by atoms with Crippen LogP contribution in [0.2, 0.25) is 0 Å². The Morgan fingerprint density at radius 3 is 3.18 bits per heavy atom. The SMILES string of the molecule is CC(CS(C)=O)NCc1c[nH]c2ncccc12. The van der Waals surface area contributed by atoms with Crippen LogP contribution < -0.4 is 5.32 Å². The highest BCUT2D eigenvalue weighted by atomic mass is 32.2. The standard InChI is InChI=1S/C12H17N3OS/c1-9(8-17(2)16)14-6-10-7-15-12-11(10)4-3-5-13-12/h3-5,7,9,14H,6,8H2,1-2H3,(H,13,15). The third kappa shape index (κ3) is 3.14. The van der Waals surface area contributed by atoms with Crippen molar-refractivity contribution in [1.82, 2.24) is 15.3 Å². The fourth-order valence-corrected chi connectivity index (χ4v) is 2.68. The zero-order chi connectivity index (χ0) is 12.3. The average Bonchev–Trinajstić information content (AvgIpc) is 2.69. The highest BCUT2D eigenvalue weighted by molar-refractivity contribution is 7.84. The molecule has 2 heterocycles. The van der Waals surface area contributed by atoms with Gasteiger partial charge in [0.1, 0.15) is 5.65 Å². The number of nitrogens with one attached hydrogen (secondary N) is 2. The van der Waals surface area contributed by atoms with Gasteiger partial charge in [-0.25, -0.2) is 4.98 Å². The van der Waals surface area contributed by atoms with Crippen molar-refractivity contribution in [3.05, 3.63) is 30.1 Å². The van der Waals surface area contributed by atoms with Gasteiger partial charge in [-0.05, 0) is 24.6 Å². The number of pyridine rings is 1. The first-order chi connectivity index (χ1) is 8.16. The quantitative estimate of drug-likeness (QED) is 0.845. The van der Waals surface area contributed by atoms with E-state index < -0.39 is 10.8 Å². The number of hydrogen-bond acceptors (Lipinski definition) is 3. The van der Waals surface area contributed by atoms with E-state index in [-0.39, 0.29) is 6.04 Å². The van der Waals surface area contributed by atoms with E-state index in [2.05, 4.69) is 28.3 Å². The predicted molar refractivity (Wildman–Crippen MR) is 71.3 cm³/mol. The minimum absolute atomic E-state index is 0.252. The Kier molecular flexibility index (Phi) is 3.91. The molecule has 0 saturated heterocycles. The summed E-state index contributed by atoms with van der Waals surface area (Å²) in [6.07, 6.45) is 5.48. The second-order valence-electron chi connectivity index (χ2n) is 4.24. The van der Waals surface area contributed by atoms with Gasteiger partial charge in [0.15, 0.2) is 0 Å². The van der Waals surface area contributed by atoms with E-state index in [4.69, 9.17) is 0 Å². The number of aromatic amines is 1. The van der Waals surface area contributed by atoms with Gasteiger partial charge in [0.2, 0.25) is 0 Å². The van der Waals surface area contributed by atoms with E-state index in [0.717, 1.165) is 17.6 Å². The molecule has 0 aromatic carbocycles. The van der Waals surface area contributed by atoms with Crippen LogP contribution in [-0.4, -0.2) is 32.2 Å². The maximum Gasteiger partial charge on any atom is 0.137 e. The first kappa shape index (κ1) is 12.3. The molecule has 0 bridgehead atoms. The zero-order valence-electron chi connectivity index (χ0n) is 10.1. The number of rotatable bonds is 5. The van der Waals surface area contributed by atoms with Crippen LogP contribution in [0.4, 0.5) is 0 Å². The summed E-state index contributed by atoms with van der Waals surface area (Å²) in [5.41, 5.74) is 2.11. The minimum atomic E-state index is -0.754. The molecule has 5 heteroatoms. The topological polar surface area (TPSA) is 57.8 Å². The van der Waals surface area contributed by atoms with Crippen LogP contribution in [0.15, 0.2) is 24.5 Å². The number of H-pyrrole nitrogens is 1. The van der Waals surface area contributed by atoms with Gasteiger partial charge in [0.05, 0.1) is 0 Å². The van der Waals surface area contributed by atoms with Crippen LogP contribution >= 0.6 is 0 Å². The van der Waals surface area contributed by atoms with Gasteiger partial charge in [-0.15, -0.1) is 0 Å². The van der Waals surface area contributed by atoms with Gasteiger partial charge in [-0.2, -0.15) is 0 Å². The highest BCUT2D eigenvalue weighted by Crippen LogP contribution is 2.15. The van der Waals surface area contributed by atoms with Crippen molar-refractivity contribution in [2.45, 2.75) is 19.5 Å². The van der Waals surface area contributed by atoms with Crippen LogP contribution in [0.25, 0.3) is 11.0 Å². The number of fused-ring (bicyclic) bond motifs is 1. The Hall–Kier alpha value is -1.20. The Morgan fingerprint density at radius 1 is 1.59 bits per heavy atom. The van der Waals surface area contributed by atoms with E-state index in [0.29, 0.717) is 5.75 Å². The van der Waals surface area contributed by atoms with Crippen molar-refractivity contribution < 1.29 is 4.21 Å². The summed E-state index contributed by atoms with van der Waals surface area (Å²) < 4.78 is 11.1. The predicted octanol–water partition coefficient (Wildman–Crippen LogP) is 1.42. The molecule has 0 radical (unpaired) electrons. The van der Waals surface area contributed by atoms with Crippen molar-refractivity contribution in [1.29, 1.82) is 0 Å². The molecule has 0 amide bonds. The number of hydrogen-bond donors (Lipinski definition) is 2. The second-order valence-corrected chi connectivity index (χ2v) is 5.72. The summed E-state index contributed by atoms with van der Waals surface area (Å²) in [5.74, 6) is 0.681. The molecule has 0 aliphatic rings. The molecule has 2 aromatic heterocycles.